The molecule has 0 saturated carbocycles. The first-order chi connectivity index (χ1) is 15.2. The molecule has 5 rings (SSSR count). The number of fused-ring (bicyclic) bond motifs is 2. The van der Waals surface area contributed by atoms with Crippen LogP contribution < -0.4 is 15.0 Å². The maximum atomic E-state index is 12.9. The van der Waals surface area contributed by atoms with Crippen LogP contribution >= 0.6 is 11.3 Å². The number of carbonyl (C=O) groups is 1. The van der Waals surface area contributed by atoms with Gasteiger partial charge in [-0.1, -0.05) is 65.4 Å². The maximum Gasteiger partial charge on any atom is 0.228 e. The molecule has 1 aliphatic rings. The van der Waals surface area contributed by atoms with Crippen LogP contribution in [0.15, 0.2) is 72.8 Å². The lowest BCUT2D eigenvalue weighted by Gasteiger charge is -2.38. The molecular formula is C25H23N3O2S. The highest BCUT2D eigenvalue weighted by atomic mass is 32.1. The Balaban J connectivity index is 1.35. The van der Waals surface area contributed by atoms with Crippen molar-refractivity contribution in [1.82, 2.24) is 4.98 Å². The summed E-state index contributed by atoms with van der Waals surface area (Å²) in [6.45, 7) is 3.28. The molecule has 1 aliphatic heterocycles. The number of nitrogens with one attached hydrogen (secondary N) is 1. The van der Waals surface area contributed by atoms with Gasteiger partial charge in [-0.15, -0.1) is 0 Å². The number of anilines is 2. The molecule has 6 heteroatoms. The van der Waals surface area contributed by atoms with E-state index in [9.17, 15) is 4.79 Å². The molecule has 1 N–H and O–H groups in total. The quantitative estimate of drug-likeness (QED) is 0.461. The SMILES string of the molecule is Cc1ccc(CN2c3ccccc3OC[C@@H]2CC(=O)Nc2nc3ccccc3s2)cc1. The van der Waals surface area contributed by atoms with Crippen molar-refractivity contribution in [2.45, 2.75) is 25.9 Å². The van der Waals surface area contributed by atoms with E-state index < -0.39 is 0 Å². The number of ether oxygens (including phenoxy) is 1. The van der Waals surface area contributed by atoms with Gasteiger partial charge in [0.1, 0.15) is 12.4 Å². The smallest absolute Gasteiger partial charge is 0.228 e. The number of hydrogen-bond acceptors (Lipinski definition) is 5. The van der Waals surface area contributed by atoms with Crippen molar-refractivity contribution >= 4 is 38.3 Å². The molecule has 0 spiro atoms. The average molecular weight is 430 g/mol. The van der Waals surface area contributed by atoms with E-state index >= 15 is 0 Å². The zero-order chi connectivity index (χ0) is 21.2. The molecule has 1 aromatic heterocycles. The number of nitrogens with zero attached hydrogens (tertiary/aromatic N) is 2. The molecule has 0 fully saturated rings. The lowest BCUT2D eigenvalue weighted by atomic mass is 10.1. The van der Waals surface area contributed by atoms with Crippen molar-refractivity contribution in [3.8, 4) is 5.75 Å². The third-order valence-electron chi connectivity index (χ3n) is 5.48. The second-order valence-electron chi connectivity index (χ2n) is 7.79. The number of benzene rings is 3. The predicted molar refractivity (Wildman–Crippen MR) is 126 cm³/mol. The first-order valence-electron chi connectivity index (χ1n) is 10.4. The van der Waals surface area contributed by atoms with Gasteiger partial charge in [-0.25, -0.2) is 4.98 Å². The lowest BCUT2D eigenvalue weighted by molar-refractivity contribution is -0.116. The third-order valence-corrected chi connectivity index (χ3v) is 6.43. The largest absolute Gasteiger partial charge is 0.489 e. The van der Waals surface area contributed by atoms with Crippen molar-refractivity contribution in [3.63, 3.8) is 0 Å². The molecule has 1 amide bonds. The van der Waals surface area contributed by atoms with Crippen LogP contribution in [-0.4, -0.2) is 23.5 Å². The Hall–Kier alpha value is -3.38. The van der Waals surface area contributed by atoms with Gasteiger partial charge < -0.3 is 15.0 Å². The lowest BCUT2D eigenvalue weighted by Crippen LogP contribution is -2.44. The highest BCUT2D eigenvalue weighted by molar-refractivity contribution is 7.22. The van der Waals surface area contributed by atoms with Crippen LogP contribution in [0.25, 0.3) is 10.2 Å². The molecule has 0 unspecified atom stereocenters. The fourth-order valence-corrected chi connectivity index (χ4v) is 4.75. The van der Waals surface area contributed by atoms with Gasteiger partial charge in [0.15, 0.2) is 5.13 Å². The molecule has 31 heavy (non-hydrogen) atoms. The standard InChI is InChI=1S/C25H23N3O2S/c1-17-10-12-18(13-11-17)15-28-19(16-30-22-8-4-3-7-21(22)28)14-24(29)27-25-26-20-6-2-5-9-23(20)31-25/h2-13,19H,14-16H2,1H3,(H,26,27,29)/t19-/m0/s1. The highest BCUT2D eigenvalue weighted by Crippen LogP contribution is 2.36. The summed E-state index contributed by atoms with van der Waals surface area (Å²) in [7, 11) is 0. The van der Waals surface area contributed by atoms with E-state index in [1.54, 1.807) is 0 Å². The van der Waals surface area contributed by atoms with Gasteiger partial charge in [0, 0.05) is 6.54 Å². The third kappa shape index (κ3) is 4.25. The first kappa shape index (κ1) is 19.6. The fraction of sp³-hybridized carbons (Fsp3) is 0.200. The first-order valence-corrected chi connectivity index (χ1v) is 11.2. The van der Waals surface area contributed by atoms with Gasteiger partial charge in [0.25, 0.3) is 0 Å². The normalized spacial score (nSPS) is 15.4. The number of para-hydroxylation sites is 3. The van der Waals surface area contributed by atoms with Crippen LogP contribution in [0.1, 0.15) is 17.5 Å². The van der Waals surface area contributed by atoms with E-state index in [0.29, 0.717) is 18.2 Å². The topological polar surface area (TPSA) is 54.5 Å². The van der Waals surface area contributed by atoms with Crippen molar-refractivity contribution < 1.29 is 9.53 Å². The number of thiazole rings is 1. The second kappa shape index (κ2) is 8.40. The molecule has 5 nitrogen and oxygen atoms in total. The minimum atomic E-state index is -0.0643. The number of carbonyl (C=O) groups excluding carboxylic acids is 1. The van der Waals surface area contributed by atoms with E-state index in [-0.39, 0.29) is 11.9 Å². The van der Waals surface area contributed by atoms with E-state index in [1.165, 1.54) is 22.5 Å². The molecule has 3 aromatic carbocycles. The van der Waals surface area contributed by atoms with Crippen molar-refractivity contribution in [3.05, 3.63) is 83.9 Å². The minimum absolute atomic E-state index is 0.0547. The van der Waals surface area contributed by atoms with Gasteiger partial charge in [0.05, 0.1) is 28.4 Å². The Kier molecular flexibility index (Phi) is 5.30. The van der Waals surface area contributed by atoms with E-state index in [4.69, 9.17) is 4.74 Å². The second-order valence-corrected chi connectivity index (χ2v) is 8.82. The van der Waals surface area contributed by atoms with Gasteiger partial charge in [0.2, 0.25) is 5.91 Å². The molecule has 0 radical (unpaired) electrons. The van der Waals surface area contributed by atoms with Crippen molar-refractivity contribution in [2.75, 3.05) is 16.8 Å². The Labute approximate surface area is 185 Å². The number of aromatic nitrogens is 1. The van der Waals surface area contributed by atoms with Gasteiger partial charge >= 0.3 is 0 Å². The highest BCUT2D eigenvalue weighted by Gasteiger charge is 2.29. The van der Waals surface area contributed by atoms with Gasteiger partial charge in [-0.2, -0.15) is 0 Å². The number of rotatable bonds is 5. The maximum absolute atomic E-state index is 12.9. The van der Waals surface area contributed by atoms with Crippen LogP contribution in [0.2, 0.25) is 0 Å². The Bertz CT molecular complexity index is 1190. The molecule has 0 saturated heterocycles. The molecule has 156 valence electrons. The molecule has 1 atom stereocenters. The van der Waals surface area contributed by atoms with Crippen LogP contribution in [0, 0.1) is 6.92 Å². The zero-order valence-electron chi connectivity index (χ0n) is 17.2. The summed E-state index contributed by atoms with van der Waals surface area (Å²) in [4.78, 5) is 19.7. The summed E-state index contributed by atoms with van der Waals surface area (Å²) in [6, 6.07) is 24.4. The van der Waals surface area contributed by atoms with Gasteiger partial charge in [-0.3, -0.25) is 4.79 Å². The Morgan fingerprint density at radius 2 is 1.87 bits per heavy atom. The summed E-state index contributed by atoms with van der Waals surface area (Å²) in [5, 5.41) is 3.61. The number of hydrogen-bond donors (Lipinski definition) is 1. The minimum Gasteiger partial charge on any atom is -0.489 e. The number of aryl methyl sites for hydroxylation is 1. The Morgan fingerprint density at radius 1 is 1.10 bits per heavy atom. The Morgan fingerprint density at radius 3 is 2.71 bits per heavy atom. The summed E-state index contributed by atoms with van der Waals surface area (Å²) < 4.78 is 7.05. The average Bonchev–Trinajstić information content (AvgIpc) is 3.19. The van der Waals surface area contributed by atoms with Crippen molar-refractivity contribution in [2.24, 2.45) is 0 Å². The van der Waals surface area contributed by atoms with E-state index in [1.807, 2.05) is 42.5 Å². The molecular weight excluding hydrogens is 406 g/mol. The van der Waals surface area contributed by atoms with Crippen LogP contribution in [0.4, 0.5) is 10.8 Å². The van der Waals surface area contributed by atoms with Crippen LogP contribution in [0.3, 0.4) is 0 Å². The predicted octanol–water partition coefficient (Wildman–Crippen LogP) is 5.40. The fourth-order valence-electron chi connectivity index (χ4n) is 3.87. The number of amides is 1. The van der Waals surface area contributed by atoms with Gasteiger partial charge in [-0.05, 0) is 36.8 Å². The summed E-state index contributed by atoms with van der Waals surface area (Å²) in [6.07, 6.45) is 0.329. The van der Waals surface area contributed by atoms with Crippen LogP contribution in [0.5, 0.6) is 5.75 Å². The monoisotopic (exact) mass is 429 g/mol. The molecule has 0 aliphatic carbocycles. The van der Waals surface area contributed by atoms with Crippen molar-refractivity contribution in [1.29, 1.82) is 0 Å². The summed E-state index contributed by atoms with van der Waals surface area (Å²) in [5.74, 6) is 0.804. The zero-order valence-corrected chi connectivity index (χ0v) is 18.1. The van der Waals surface area contributed by atoms with Crippen LogP contribution in [-0.2, 0) is 11.3 Å². The molecule has 4 aromatic rings. The molecule has 0 bridgehead atoms. The molecule has 2 heterocycles. The summed E-state index contributed by atoms with van der Waals surface area (Å²) >= 11 is 1.49. The summed E-state index contributed by atoms with van der Waals surface area (Å²) in [5.41, 5.74) is 4.36. The van der Waals surface area contributed by atoms with E-state index in [0.717, 1.165) is 28.2 Å². The van der Waals surface area contributed by atoms with E-state index in [2.05, 4.69) is 52.5 Å².